The molecule has 27 heavy (non-hydrogen) atoms. The molecule has 0 unspecified atom stereocenters. The van der Waals surface area contributed by atoms with E-state index in [4.69, 9.17) is 0 Å². The number of nitrogens with zero attached hydrogens (tertiary/aromatic N) is 2. The summed E-state index contributed by atoms with van der Waals surface area (Å²) in [6.07, 6.45) is 6.82. The van der Waals surface area contributed by atoms with E-state index in [1.807, 2.05) is 40.3 Å². The summed E-state index contributed by atoms with van der Waals surface area (Å²) in [5.74, 6) is 0.189. The Labute approximate surface area is 162 Å². The number of hydrogen-bond donors (Lipinski definition) is 0. The van der Waals surface area contributed by atoms with E-state index in [2.05, 4.69) is 58.3 Å². The van der Waals surface area contributed by atoms with Crippen molar-refractivity contribution in [3.8, 4) is 0 Å². The number of carbonyl (C=O) groups is 1. The van der Waals surface area contributed by atoms with E-state index >= 15 is 0 Å². The lowest BCUT2D eigenvalue weighted by atomic mass is 9.87. The molecule has 0 heterocycles. The van der Waals surface area contributed by atoms with Gasteiger partial charge in [0.25, 0.3) is 0 Å². The third kappa shape index (κ3) is 4.68. The van der Waals surface area contributed by atoms with Crippen LogP contribution in [0.4, 0.5) is 11.4 Å². The Bertz CT molecular complexity index is 785. The Hall–Kier alpha value is -2.81. The number of carbonyl (C=O) groups excluding carboxylic acids is 1. The van der Waals surface area contributed by atoms with Crippen LogP contribution < -0.4 is 9.80 Å². The summed E-state index contributed by atoms with van der Waals surface area (Å²) < 4.78 is 0. The van der Waals surface area contributed by atoms with Gasteiger partial charge >= 0.3 is 0 Å². The third-order valence-corrected chi connectivity index (χ3v) is 4.98. The van der Waals surface area contributed by atoms with E-state index in [0.29, 0.717) is 0 Å². The van der Waals surface area contributed by atoms with Crippen LogP contribution in [-0.4, -0.2) is 34.0 Å². The van der Waals surface area contributed by atoms with Gasteiger partial charge in [0, 0.05) is 50.7 Å². The van der Waals surface area contributed by atoms with Crippen LogP contribution >= 0.6 is 0 Å². The van der Waals surface area contributed by atoms with Crippen molar-refractivity contribution in [2.75, 3.05) is 38.0 Å². The zero-order chi connectivity index (χ0) is 19.4. The van der Waals surface area contributed by atoms with Crippen LogP contribution in [0.2, 0.25) is 0 Å². The Morgan fingerprint density at radius 3 is 1.37 bits per heavy atom. The summed E-state index contributed by atoms with van der Waals surface area (Å²) in [5, 5.41) is 0. The zero-order valence-corrected chi connectivity index (χ0v) is 16.7. The molecule has 3 rings (SSSR count). The number of hydrogen-bond acceptors (Lipinski definition) is 3. The molecule has 2 aromatic rings. The number of allylic oxidation sites excluding steroid dienone is 2. The van der Waals surface area contributed by atoms with Crippen molar-refractivity contribution in [1.29, 1.82) is 0 Å². The predicted octanol–water partition coefficient (Wildman–Crippen LogP) is 5.04. The first-order valence-corrected chi connectivity index (χ1v) is 9.44. The minimum absolute atomic E-state index is 0.189. The van der Waals surface area contributed by atoms with Crippen LogP contribution in [0, 0.1) is 0 Å². The first kappa shape index (κ1) is 19.0. The number of rotatable bonds is 4. The highest BCUT2D eigenvalue weighted by atomic mass is 16.1. The minimum atomic E-state index is 0.189. The maximum Gasteiger partial charge on any atom is 0.185 e. The molecule has 140 valence electrons. The lowest BCUT2D eigenvalue weighted by Crippen LogP contribution is -2.12. The van der Waals surface area contributed by atoms with Gasteiger partial charge in [-0.2, -0.15) is 0 Å². The minimum Gasteiger partial charge on any atom is -0.378 e. The molecule has 1 saturated carbocycles. The topological polar surface area (TPSA) is 23.6 Å². The van der Waals surface area contributed by atoms with Crippen molar-refractivity contribution in [2.24, 2.45) is 0 Å². The van der Waals surface area contributed by atoms with Crippen molar-refractivity contribution >= 4 is 29.3 Å². The lowest BCUT2D eigenvalue weighted by Gasteiger charge is -2.17. The second-order valence-corrected chi connectivity index (χ2v) is 7.49. The van der Waals surface area contributed by atoms with Crippen LogP contribution in [-0.2, 0) is 4.79 Å². The SMILES string of the molecule is CN(C)c1ccc(/C=C2/CCC/C(=C/c3ccc(N(C)C)cc3)C2=O)cc1. The highest BCUT2D eigenvalue weighted by Gasteiger charge is 2.20. The monoisotopic (exact) mass is 360 g/mol. The summed E-state index contributed by atoms with van der Waals surface area (Å²) >= 11 is 0. The lowest BCUT2D eigenvalue weighted by molar-refractivity contribution is -0.112. The summed E-state index contributed by atoms with van der Waals surface area (Å²) in [6, 6.07) is 16.7. The molecule has 0 saturated heterocycles. The molecule has 1 aliphatic carbocycles. The van der Waals surface area contributed by atoms with E-state index in [-0.39, 0.29) is 5.78 Å². The molecule has 1 fully saturated rings. The Balaban J connectivity index is 1.80. The average molecular weight is 361 g/mol. The standard InChI is InChI=1S/C24H28N2O/c1-25(2)22-12-8-18(9-13-22)16-20-6-5-7-21(24(20)27)17-19-10-14-23(15-11-19)26(3)4/h8-17H,5-7H2,1-4H3/b20-16-,21-17-. The molecule has 2 aromatic carbocycles. The van der Waals surface area contributed by atoms with Crippen molar-refractivity contribution < 1.29 is 4.79 Å². The second-order valence-electron chi connectivity index (χ2n) is 7.49. The Morgan fingerprint density at radius 1 is 0.667 bits per heavy atom. The molecule has 3 nitrogen and oxygen atoms in total. The zero-order valence-electron chi connectivity index (χ0n) is 16.7. The van der Waals surface area contributed by atoms with Gasteiger partial charge in [0.05, 0.1) is 0 Å². The van der Waals surface area contributed by atoms with Crippen LogP contribution in [0.25, 0.3) is 12.2 Å². The molecular formula is C24H28N2O. The molecule has 0 radical (unpaired) electrons. The fourth-order valence-electron chi connectivity index (χ4n) is 3.32. The molecule has 0 aromatic heterocycles. The maximum atomic E-state index is 12.9. The second kappa shape index (κ2) is 8.26. The highest BCUT2D eigenvalue weighted by Crippen LogP contribution is 2.28. The van der Waals surface area contributed by atoms with E-state index < -0.39 is 0 Å². The molecule has 3 heteroatoms. The van der Waals surface area contributed by atoms with Gasteiger partial charge in [-0.3, -0.25) is 4.79 Å². The third-order valence-electron chi connectivity index (χ3n) is 4.98. The van der Waals surface area contributed by atoms with E-state index in [1.165, 1.54) is 0 Å². The average Bonchev–Trinajstić information content (AvgIpc) is 2.66. The van der Waals surface area contributed by atoms with Crippen LogP contribution in [0.5, 0.6) is 0 Å². The largest absolute Gasteiger partial charge is 0.378 e. The molecule has 0 aliphatic heterocycles. The van der Waals surface area contributed by atoms with Gasteiger partial charge in [-0.25, -0.2) is 0 Å². The summed E-state index contributed by atoms with van der Waals surface area (Å²) in [6.45, 7) is 0. The highest BCUT2D eigenvalue weighted by molar-refractivity contribution is 6.14. The smallest absolute Gasteiger partial charge is 0.185 e. The van der Waals surface area contributed by atoms with Crippen molar-refractivity contribution in [2.45, 2.75) is 19.3 Å². The summed E-state index contributed by atoms with van der Waals surface area (Å²) in [4.78, 5) is 17.1. The number of benzene rings is 2. The normalized spacial score (nSPS) is 17.4. The Kier molecular flexibility index (Phi) is 5.80. The first-order valence-electron chi connectivity index (χ1n) is 9.44. The number of Topliss-reactive ketones (excluding diaryl/α,β-unsaturated/α-hetero) is 1. The van der Waals surface area contributed by atoms with Gasteiger partial charge in [-0.1, -0.05) is 24.3 Å². The summed E-state index contributed by atoms with van der Waals surface area (Å²) in [5.41, 5.74) is 6.31. The van der Waals surface area contributed by atoms with Crippen molar-refractivity contribution in [3.05, 3.63) is 70.8 Å². The van der Waals surface area contributed by atoms with Gasteiger partial charge in [-0.15, -0.1) is 0 Å². The molecule has 0 N–H and O–H groups in total. The van der Waals surface area contributed by atoms with Crippen LogP contribution in [0.1, 0.15) is 30.4 Å². The van der Waals surface area contributed by atoms with Gasteiger partial charge < -0.3 is 9.80 Å². The van der Waals surface area contributed by atoms with Crippen LogP contribution in [0.3, 0.4) is 0 Å². The fourth-order valence-corrected chi connectivity index (χ4v) is 3.32. The number of anilines is 2. The fraction of sp³-hybridized carbons (Fsp3) is 0.292. The predicted molar refractivity (Wildman–Crippen MR) is 116 cm³/mol. The first-order chi connectivity index (χ1) is 12.9. The van der Waals surface area contributed by atoms with Crippen LogP contribution in [0.15, 0.2) is 59.7 Å². The molecular weight excluding hydrogens is 332 g/mol. The van der Waals surface area contributed by atoms with E-state index in [9.17, 15) is 4.79 Å². The van der Waals surface area contributed by atoms with Gasteiger partial charge in [0.15, 0.2) is 5.78 Å². The maximum absolute atomic E-state index is 12.9. The quantitative estimate of drug-likeness (QED) is 0.714. The van der Waals surface area contributed by atoms with Crippen molar-refractivity contribution in [3.63, 3.8) is 0 Å². The van der Waals surface area contributed by atoms with Gasteiger partial charge in [0.1, 0.15) is 0 Å². The molecule has 0 bridgehead atoms. The van der Waals surface area contributed by atoms with Crippen molar-refractivity contribution in [1.82, 2.24) is 0 Å². The van der Waals surface area contributed by atoms with E-state index in [0.717, 1.165) is 52.9 Å². The Morgan fingerprint density at radius 2 is 1.04 bits per heavy atom. The number of ketones is 1. The molecule has 0 atom stereocenters. The van der Waals surface area contributed by atoms with Gasteiger partial charge in [-0.05, 0) is 66.8 Å². The molecule has 0 spiro atoms. The molecule has 0 amide bonds. The van der Waals surface area contributed by atoms with E-state index in [1.54, 1.807) is 0 Å². The molecule has 1 aliphatic rings. The van der Waals surface area contributed by atoms with Gasteiger partial charge in [0.2, 0.25) is 0 Å². The summed E-state index contributed by atoms with van der Waals surface area (Å²) in [7, 11) is 8.11.